The number of nitrogens with one attached hydrogen (secondary N) is 1. The lowest BCUT2D eigenvalue weighted by molar-refractivity contribution is -0.116. The van der Waals surface area contributed by atoms with Gasteiger partial charge in [-0.25, -0.2) is 0 Å². The number of benzene rings is 1. The van der Waals surface area contributed by atoms with Gasteiger partial charge in [0.05, 0.1) is 0 Å². The second kappa shape index (κ2) is 4.66. The molecule has 0 aromatic heterocycles. The first-order chi connectivity index (χ1) is 7.69. The van der Waals surface area contributed by atoms with Crippen molar-refractivity contribution in [1.29, 1.82) is 0 Å². The van der Waals surface area contributed by atoms with Crippen molar-refractivity contribution < 1.29 is 4.79 Å². The van der Waals surface area contributed by atoms with Crippen LogP contribution in [0.25, 0.3) is 0 Å². The zero-order chi connectivity index (χ0) is 11.5. The Morgan fingerprint density at radius 3 is 3.00 bits per heavy atom. The number of carbonyl (C=O) groups excluding carboxylic acids is 1. The number of anilines is 1. The third-order valence-electron chi connectivity index (χ3n) is 3.05. The molecule has 3 nitrogen and oxygen atoms in total. The van der Waals surface area contributed by atoms with Gasteiger partial charge in [-0.05, 0) is 42.5 Å². The Kier molecular flexibility index (Phi) is 3.25. The molecule has 1 aliphatic rings. The van der Waals surface area contributed by atoms with Crippen LogP contribution in [0.15, 0.2) is 18.2 Å². The zero-order valence-corrected chi connectivity index (χ0v) is 9.62. The Morgan fingerprint density at radius 1 is 1.44 bits per heavy atom. The average Bonchev–Trinajstić information content (AvgIpc) is 2.29. The number of rotatable bonds is 3. The molecule has 2 rings (SSSR count). The van der Waals surface area contributed by atoms with Crippen molar-refractivity contribution in [3.05, 3.63) is 29.3 Å². The first-order valence-electron chi connectivity index (χ1n) is 5.80. The summed E-state index contributed by atoms with van der Waals surface area (Å²) in [5.74, 6) is 0.631. The minimum absolute atomic E-state index is 0.121. The topological polar surface area (TPSA) is 55.1 Å². The Morgan fingerprint density at radius 2 is 2.25 bits per heavy atom. The highest BCUT2D eigenvalue weighted by Crippen LogP contribution is 2.24. The maximum atomic E-state index is 11.2. The minimum atomic E-state index is 0.121. The summed E-state index contributed by atoms with van der Waals surface area (Å²) in [6.45, 7) is 2.87. The molecule has 0 aliphatic carbocycles. The van der Waals surface area contributed by atoms with E-state index in [0.717, 1.165) is 18.5 Å². The standard InChI is InChI=1S/C13H18N2O/c1-9(8-14)6-10-2-4-12-11(7-10)3-5-13(16)15-12/h2,4,7,9H,3,5-6,8,14H2,1H3,(H,15,16). The van der Waals surface area contributed by atoms with Gasteiger partial charge in [-0.1, -0.05) is 19.1 Å². The fourth-order valence-electron chi connectivity index (χ4n) is 2.05. The molecule has 16 heavy (non-hydrogen) atoms. The van der Waals surface area contributed by atoms with E-state index in [0.29, 0.717) is 18.9 Å². The lowest BCUT2D eigenvalue weighted by Gasteiger charge is -2.18. The van der Waals surface area contributed by atoms with Crippen LogP contribution in [0.5, 0.6) is 0 Å². The molecule has 1 amide bonds. The van der Waals surface area contributed by atoms with Gasteiger partial charge in [0.2, 0.25) is 5.91 Å². The Hall–Kier alpha value is -1.35. The molecular formula is C13H18N2O. The first kappa shape index (κ1) is 11.1. The summed E-state index contributed by atoms with van der Waals surface area (Å²) in [4.78, 5) is 11.2. The third kappa shape index (κ3) is 2.42. The van der Waals surface area contributed by atoms with Crippen LogP contribution in [0.4, 0.5) is 5.69 Å². The predicted molar refractivity (Wildman–Crippen MR) is 65.3 cm³/mol. The maximum absolute atomic E-state index is 11.2. The van der Waals surface area contributed by atoms with E-state index in [1.165, 1.54) is 11.1 Å². The van der Waals surface area contributed by atoms with Crippen LogP contribution in [-0.2, 0) is 17.6 Å². The van der Waals surface area contributed by atoms with E-state index in [2.05, 4.69) is 24.4 Å². The smallest absolute Gasteiger partial charge is 0.224 e. The lowest BCUT2D eigenvalue weighted by Crippen LogP contribution is -2.19. The monoisotopic (exact) mass is 218 g/mol. The quantitative estimate of drug-likeness (QED) is 0.811. The average molecular weight is 218 g/mol. The zero-order valence-electron chi connectivity index (χ0n) is 9.62. The highest BCUT2D eigenvalue weighted by molar-refractivity contribution is 5.93. The molecule has 1 aromatic carbocycles. The second-order valence-electron chi connectivity index (χ2n) is 4.58. The van der Waals surface area contributed by atoms with Crippen LogP contribution in [0.2, 0.25) is 0 Å². The molecule has 1 aliphatic heterocycles. The predicted octanol–water partition coefficient (Wildman–Crippen LogP) is 1.71. The minimum Gasteiger partial charge on any atom is -0.330 e. The SMILES string of the molecule is CC(CN)Cc1ccc2c(c1)CCC(=O)N2. The third-order valence-corrected chi connectivity index (χ3v) is 3.05. The molecule has 0 saturated heterocycles. The molecule has 3 N–H and O–H groups in total. The van der Waals surface area contributed by atoms with Gasteiger partial charge in [-0.3, -0.25) is 4.79 Å². The summed E-state index contributed by atoms with van der Waals surface area (Å²) >= 11 is 0. The Labute approximate surface area is 96.0 Å². The molecule has 1 aromatic rings. The number of amides is 1. The van der Waals surface area contributed by atoms with Crippen LogP contribution in [0.1, 0.15) is 24.5 Å². The Balaban J connectivity index is 2.16. The van der Waals surface area contributed by atoms with Gasteiger partial charge in [0.15, 0.2) is 0 Å². The lowest BCUT2D eigenvalue weighted by atomic mass is 9.95. The molecule has 0 fully saturated rings. The van der Waals surface area contributed by atoms with E-state index in [1.54, 1.807) is 0 Å². The number of nitrogens with two attached hydrogens (primary N) is 1. The van der Waals surface area contributed by atoms with E-state index in [-0.39, 0.29) is 5.91 Å². The number of carbonyl (C=O) groups is 1. The summed E-state index contributed by atoms with van der Waals surface area (Å²) in [5, 5.41) is 2.89. The fourth-order valence-corrected chi connectivity index (χ4v) is 2.05. The highest BCUT2D eigenvalue weighted by Gasteiger charge is 2.14. The molecule has 0 bridgehead atoms. The highest BCUT2D eigenvalue weighted by atomic mass is 16.1. The summed E-state index contributed by atoms with van der Waals surface area (Å²) < 4.78 is 0. The summed E-state index contributed by atoms with van der Waals surface area (Å²) in [7, 11) is 0. The van der Waals surface area contributed by atoms with Crippen molar-refractivity contribution in [2.24, 2.45) is 11.7 Å². The number of hydrogen-bond acceptors (Lipinski definition) is 2. The van der Waals surface area contributed by atoms with Crippen molar-refractivity contribution in [2.75, 3.05) is 11.9 Å². The van der Waals surface area contributed by atoms with Crippen molar-refractivity contribution in [1.82, 2.24) is 0 Å². The van der Waals surface area contributed by atoms with E-state index in [1.807, 2.05) is 6.07 Å². The molecular weight excluding hydrogens is 200 g/mol. The molecule has 0 saturated carbocycles. The van der Waals surface area contributed by atoms with E-state index >= 15 is 0 Å². The maximum Gasteiger partial charge on any atom is 0.224 e. The van der Waals surface area contributed by atoms with Gasteiger partial charge in [0.1, 0.15) is 0 Å². The van der Waals surface area contributed by atoms with Gasteiger partial charge in [0.25, 0.3) is 0 Å². The van der Waals surface area contributed by atoms with Gasteiger partial charge in [-0.15, -0.1) is 0 Å². The fraction of sp³-hybridized carbons (Fsp3) is 0.462. The van der Waals surface area contributed by atoms with E-state index in [9.17, 15) is 4.79 Å². The Bertz CT molecular complexity index is 401. The van der Waals surface area contributed by atoms with Gasteiger partial charge in [0, 0.05) is 12.1 Å². The van der Waals surface area contributed by atoms with Crippen LogP contribution in [-0.4, -0.2) is 12.5 Å². The number of hydrogen-bond donors (Lipinski definition) is 2. The number of fused-ring (bicyclic) bond motifs is 1. The second-order valence-corrected chi connectivity index (χ2v) is 4.58. The molecule has 0 spiro atoms. The largest absolute Gasteiger partial charge is 0.330 e. The van der Waals surface area contributed by atoms with Gasteiger partial charge in [-0.2, -0.15) is 0 Å². The summed E-state index contributed by atoms with van der Waals surface area (Å²) in [6, 6.07) is 6.28. The number of aryl methyl sites for hydroxylation is 1. The van der Waals surface area contributed by atoms with E-state index in [4.69, 9.17) is 5.73 Å². The van der Waals surface area contributed by atoms with Crippen molar-refractivity contribution in [3.63, 3.8) is 0 Å². The molecule has 86 valence electrons. The van der Waals surface area contributed by atoms with Crippen molar-refractivity contribution in [2.45, 2.75) is 26.2 Å². The molecule has 1 unspecified atom stereocenters. The van der Waals surface area contributed by atoms with Gasteiger partial charge >= 0.3 is 0 Å². The van der Waals surface area contributed by atoms with Crippen LogP contribution in [0, 0.1) is 5.92 Å². The molecule has 0 radical (unpaired) electrons. The van der Waals surface area contributed by atoms with Crippen molar-refractivity contribution in [3.8, 4) is 0 Å². The molecule has 1 heterocycles. The molecule has 1 atom stereocenters. The summed E-state index contributed by atoms with van der Waals surface area (Å²) in [6.07, 6.45) is 2.46. The van der Waals surface area contributed by atoms with E-state index < -0.39 is 0 Å². The van der Waals surface area contributed by atoms with Gasteiger partial charge < -0.3 is 11.1 Å². The first-order valence-corrected chi connectivity index (χ1v) is 5.80. The summed E-state index contributed by atoms with van der Waals surface area (Å²) in [5.41, 5.74) is 9.16. The van der Waals surface area contributed by atoms with Crippen molar-refractivity contribution >= 4 is 11.6 Å². The van der Waals surface area contributed by atoms with Crippen LogP contribution >= 0.6 is 0 Å². The van der Waals surface area contributed by atoms with Crippen LogP contribution in [0.3, 0.4) is 0 Å². The molecule has 3 heteroatoms. The van der Waals surface area contributed by atoms with Crippen LogP contribution < -0.4 is 11.1 Å². The normalized spacial score (nSPS) is 16.5.